The van der Waals surface area contributed by atoms with Gasteiger partial charge in [0, 0.05) is 6.04 Å². The molecule has 1 fully saturated rings. The summed E-state index contributed by atoms with van der Waals surface area (Å²) in [6.07, 6.45) is 3.33. The minimum absolute atomic E-state index is 0.0110. The Morgan fingerprint density at radius 2 is 1.92 bits per heavy atom. The summed E-state index contributed by atoms with van der Waals surface area (Å²) in [7, 11) is 0. The van der Waals surface area contributed by atoms with Gasteiger partial charge in [-0.3, -0.25) is 0 Å². The van der Waals surface area contributed by atoms with Crippen LogP contribution in [0.1, 0.15) is 33.1 Å². The van der Waals surface area contributed by atoms with Crippen LogP contribution in [0, 0.1) is 5.92 Å². The summed E-state index contributed by atoms with van der Waals surface area (Å²) in [5, 5.41) is 21.8. The molecule has 0 saturated heterocycles. The maximum absolute atomic E-state index is 9.21. The topological polar surface area (TPSA) is 52.5 Å². The minimum Gasteiger partial charge on any atom is -0.394 e. The molecule has 0 heterocycles. The third kappa shape index (κ3) is 2.66. The largest absolute Gasteiger partial charge is 0.394 e. The molecule has 1 rings (SSSR count). The van der Waals surface area contributed by atoms with Crippen molar-refractivity contribution in [2.75, 3.05) is 13.2 Å². The van der Waals surface area contributed by atoms with E-state index in [1.165, 1.54) is 12.8 Å². The highest BCUT2D eigenvalue weighted by molar-refractivity contribution is 4.92. The first-order valence-electron chi connectivity index (χ1n) is 5.17. The first-order valence-corrected chi connectivity index (χ1v) is 5.17. The van der Waals surface area contributed by atoms with Crippen LogP contribution in [0.3, 0.4) is 0 Å². The van der Waals surface area contributed by atoms with Crippen molar-refractivity contribution in [2.45, 2.75) is 44.7 Å². The Labute approximate surface area is 80.2 Å². The molecular weight excluding hydrogens is 166 g/mol. The highest BCUT2D eigenvalue weighted by atomic mass is 16.3. The van der Waals surface area contributed by atoms with Gasteiger partial charge in [-0.05, 0) is 32.1 Å². The van der Waals surface area contributed by atoms with Gasteiger partial charge < -0.3 is 15.5 Å². The second-order valence-electron chi connectivity index (χ2n) is 4.22. The van der Waals surface area contributed by atoms with Gasteiger partial charge in [-0.1, -0.05) is 6.92 Å². The van der Waals surface area contributed by atoms with Gasteiger partial charge in [-0.25, -0.2) is 0 Å². The van der Waals surface area contributed by atoms with Crippen LogP contribution in [0.15, 0.2) is 0 Å². The van der Waals surface area contributed by atoms with E-state index < -0.39 is 5.54 Å². The van der Waals surface area contributed by atoms with Gasteiger partial charge in [0.15, 0.2) is 0 Å². The lowest BCUT2D eigenvalue weighted by atomic mass is 9.96. The molecule has 1 atom stereocenters. The van der Waals surface area contributed by atoms with E-state index in [-0.39, 0.29) is 13.2 Å². The summed E-state index contributed by atoms with van der Waals surface area (Å²) < 4.78 is 0. The first-order chi connectivity index (χ1) is 6.17. The molecule has 3 nitrogen and oxygen atoms in total. The van der Waals surface area contributed by atoms with Crippen molar-refractivity contribution < 1.29 is 10.2 Å². The van der Waals surface area contributed by atoms with E-state index in [2.05, 4.69) is 12.2 Å². The molecule has 1 saturated carbocycles. The first kappa shape index (κ1) is 11.0. The van der Waals surface area contributed by atoms with Crippen molar-refractivity contribution in [2.24, 2.45) is 5.92 Å². The van der Waals surface area contributed by atoms with Crippen molar-refractivity contribution in [3.05, 3.63) is 0 Å². The van der Waals surface area contributed by atoms with Crippen LogP contribution in [0.25, 0.3) is 0 Å². The van der Waals surface area contributed by atoms with E-state index in [1.54, 1.807) is 0 Å². The van der Waals surface area contributed by atoms with E-state index in [1.807, 2.05) is 6.92 Å². The van der Waals surface area contributed by atoms with Crippen LogP contribution in [0.4, 0.5) is 0 Å². The molecule has 0 aromatic heterocycles. The van der Waals surface area contributed by atoms with Crippen molar-refractivity contribution in [1.29, 1.82) is 0 Å². The summed E-state index contributed by atoms with van der Waals surface area (Å²) >= 11 is 0. The maximum Gasteiger partial charge on any atom is 0.0647 e. The molecule has 0 amide bonds. The fourth-order valence-corrected chi connectivity index (χ4v) is 1.66. The van der Waals surface area contributed by atoms with E-state index in [4.69, 9.17) is 0 Å². The van der Waals surface area contributed by atoms with E-state index >= 15 is 0 Å². The number of hydrogen-bond acceptors (Lipinski definition) is 3. The summed E-state index contributed by atoms with van der Waals surface area (Å²) in [5.74, 6) is 0.754. The third-order valence-electron chi connectivity index (χ3n) is 3.15. The van der Waals surface area contributed by atoms with Gasteiger partial charge in [0.1, 0.15) is 0 Å². The minimum atomic E-state index is -0.470. The molecule has 78 valence electrons. The van der Waals surface area contributed by atoms with Crippen LogP contribution in [0.2, 0.25) is 0 Å². The van der Waals surface area contributed by atoms with Crippen LogP contribution >= 0.6 is 0 Å². The van der Waals surface area contributed by atoms with Gasteiger partial charge in [-0.15, -0.1) is 0 Å². The lowest BCUT2D eigenvalue weighted by Gasteiger charge is -2.33. The predicted molar refractivity (Wildman–Crippen MR) is 52.5 cm³/mol. The lowest BCUT2D eigenvalue weighted by Crippen LogP contribution is -2.55. The van der Waals surface area contributed by atoms with Crippen LogP contribution in [-0.4, -0.2) is 35.0 Å². The Hall–Kier alpha value is -0.120. The van der Waals surface area contributed by atoms with Crippen molar-refractivity contribution in [3.8, 4) is 0 Å². The molecule has 0 aromatic carbocycles. The molecule has 0 bridgehead atoms. The molecule has 3 N–H and O–H groups in total. The van der Waals surface area contributed by atoms with E-state index in [9.17, 15) is 10.2 Å². The van der Waals surface area contributed by atoms with Crippen LogP contribution in [-0.2, 0) is 0 Å². The SMILES string of the molecule is CCC(CO)(CO)NC(C)C1CC1. The molecule has 0 aromatic rings. The number of hydrogen-bond donors (Lipinski definition) is 3. The van der Waals surface area contributed by atoms with Crippen molar-refractivity contribution >= 4 is 0 Å². The Morgan fingerprint density at radius 3 is 2.23 bits per heavy atom. The smallest absolute Gasteiger partial charge is 0.0647 e. The molecule has 13 heavy (non-hydrogen) atoms. The molecule has 1 unspecified atom stereocenters. The number of nitrogens with one attached hydrogen (secondary N) is 1. The summed E-state index contributed by atoms with van der Waals surface area (Å²) in [4.78, 5) is 0. The van der Waals surface area contributed by atoms with Crippen LogP contribution in [0.5, 0.6) is 0 Å². The highest BCUT2D eigenvalue weighted by Gasteiger charge is 2.34. The molecule has 1 aliphatic rings. The zero-order valence-corrected chi connectivity index (χ0v) is 8.58. The van der Waals surface area contributed by atoms with Crippen LogP contribution < -0.4 is 5.32 Å². The molecule has 0 aliphatic heterocycles. The van der Waals surface area contributed by atoms with E-state index in [0.29, 0.717) is 6.04 Å². The monoisotopic (exact) mass is 187 g/mol. The average Bonchev–Trinajstić information content (AvgIpc) is 2.97. The fourth-order valence-electron chi connectivity index (χ4n) is 1.66. The molecular formula is C10H21NO2. The Bertz CT molecular complexity index is 145. The van der Waals surface area contributed by atoms with Gasteiger partial charge >= 0.3 is 0 Å². The second kappa shape index (κ2) is 4.40. The number of aliphatic hydroxyl groups is 2. The van der Waals surface area contributed by atoms with Gasteiger partial charge in [-0.2, -0.15) is 0 Å². The Morgan fingerprint density at radius 1 is 1.38 bits per heavy atom. The average molecular weight is 187 g/mol. The van der Waals surface area contributed by atoms with Gasteiger partial charge in [0.25, 0.3) is 0 Å². The molecule has 1 aliphatic carbocycles. The lowest BCUT2D eigenvalue weighted by molar-refractivity contribution is 0.0769. The zero-order valence-electron chi connectivity index (χ0n) is 8.58. The predicted octanol–water partition coefficient (Wildman–Crippen LogP) is 0.508. The summed E-state index contributed by atoms with van der Waals surface area (Å²) in [6, 6.07) is 0.416. The number of aliphatic hydroxyl groups excluding tert-OH is 2. The maximum atomic E-state index is 9.21. The van der Waals surface area contributed by atoms with Crippen molar-refractivity contribution in [1.82, 2.24) is 5.32 Å². The standard InChI is InChI=1S/C10H21NO2/c1-3-10(6-12,7-13)11-8(2)9-4-5-9/h8-9,11-13H,3-7H2,1-2H3. The molecule has 0 spiro atoms. The van der Waals surface area contributed by atoms with Gasteiger partial charge in [0.05, 0.1) is 18.8 Å². The molecule has 0 radical (unpaired) electrons. The Balaban J connectivity index is 2.44. The normalized spacial score (nSPS) is 20.3. The highest BCUT2D eigenvalue weighted by Crippen LogP contribution is 2.33. The van der Waals surface area contributed by atoms with Gasteiger partial charge in [0.2, 0.25) is 0 Å². The summed E-state index contributed by atoms with van der Waals surface area (Å²) in [5.41, 5.74) is -0.470. The van der Waals surface area contributed by atoms with E-state index in [0.717, 1.165) is 12.3 Å². The number of rotatable bonds is 6. The zero-order chi connectivity index (χ0) is 9.90. The quantitative estimate of drug-likeness (QED) is 0.568. The summed E-state index contributed by atoms with van der Waals surface area (Å²) in [6.45, 7) is 4.14. The third-order valence-corrected chi connectivity index (χ3v) is 3.15. The molecule has 3 heteroatoms. The fraction of sp³-hybridized carbons (Fsp3) is 1.00. The van der Waals surface area contributed by atoms with Crippen molar-refractivity contribution in [3.63, 3.8) is 0 Å². The second-order valence-corrected chi connectivity index (χ2v) is 4.22. The Kier molecular flexibility index (Phi) is 3.71.